The smallest absolute Gasteiger partial charge is 0.380 e. The molecule has 22 heavy (non-hydrogen) atoms. The number of halogens is 3. The first-order valence-electron chi connectivity index (χ1n) is 6.53. The Morgan fingerprint density at radius 1 is 1.36 bits per heavy atom. The minimum absolute atomic E-state index is 0.164. The molecule has 5 nitrogen and oxygen atoms in total. The van der Waals surface area contributed by atoms with Gasteiger partial charge in [-0.15, -0.1) is 0 Å². The molecule has 8 heteroatoms. The van der Waals surface area contributed by atoms with E-state index in [-0.39, 0.29) is 12.5 Å². The Morgan fingerprint density at radius 2 is 2.00 bits per heavy atom. The van der Waals surface area contributed by atoms with Crippen molar-refractivity contribution in [2.45, 2.75) is 25.6 Å². The van der Waals surface area contributed by atoms with E-state index >= 15 is 0 Å². The fourth-order valence-electron chi connectivity index (χ4n) is 1.98. The van der Waals surface area contributed by atoms with E-state index in [9.17, 15) is 18.0 Å². The second kappa shape index (κ2) is 6.08. The molecule has 0 bridgehead atoms. The zero-order valence-electron chi connectivity index (χ0n) is 11.8. The molecule has 0 aliphatic heterocycles. The maximum atomic E-state index is 12.5. The summed E-state index contributed by atoms with van der Waals surface area (Å²) in [6.07, 6.45) is -1.04. The Bertz CT molecular complexity index is 649. The normalized spacial score (nSPS) is 12.9. The van der Waals surface area contributed by atoms with Crippen molar-refractivity contribution in [2.75, 3.05) is 5.32 Å². The Hall–Kier alpha value is -2.51. The molecule has 0 saturated carbocycles. The molecule has 1 aromatic heterocycles. The Labute approximate surface area is 124 Å². The molecule has 2 rings (SSSR count). The van der Waals surface area contributed by atoms with Crippen LogP contribution in [0, 0.1) is 0 Å². The lowest BCUT2D eigenvalue weighted by Gasteiger charge is -2.11. The van der Waals surface area contributed by atoms with Crippen LogP contribution in [0.5, 0.6) is 0 Å². The number of anilines is 1. The van der Waals surface area contributed by atoms with Gasteiger partial charge in [-0.1, -0.05) is 0 Å². The number of amides is 1. The Kier molecular flexibility index (Phi) is 4.39. The van der Waals surface area contributed by atoms with E-state index in [4.69, 9.17) is 5.73 Å². The Balaban J connectivity index is 2.09. The van der Waals surface area contributed by atoms with Crippen LogP contribution in [-0.4, -0.2) is 21.7 Å². The van der Waals surface area contributed by atoms with Crippen LogP contribution in [0.1, 0.15) is 18.9 Å². The van der Waals surface area contributed by atoms with Crippen LogP contribution in [0.15, 0.2) is 36.7 Å². The fourth-order valence-corrected chi connectivity index (χ4v) is 1.98. The van der Waals surface area contributed by atoms with E-state index in [0.29, 0.717) is 11.4 Å². The van der Waals surface area contributed by atoms with Gasteiger partial charge in [0.25, 0.3) is 0 Å². The molecule has 1 atom stereocenters. The fraction of sp³-hybridized carbons (Fsp3) is 0.286. The van der Waals surface area contributed by atoms with Crippen molar-refractivity contribution in [1.82, 2.24) is 9.78 Å². The van der Waals surface area contributed by atoms with Crippen LogP contribution in [0.4, 0.5) is 18.9 Å². The number of carbonyl (C=O) groups is 1. The number of nitrogens with two attached hydrogens (primary N) is 1. The molecule has 0 aliphatic rings. The molecule has 0 radical (unpaired) electrons. The summed E-state index contributed by atoms with van der Waals surface area (Å²) in [5.41, 5.74) is 5.54. The number of hydrogen-bond acceptors (Lipinski definition) is 3. The highest BCUT2D eigenvalue weighted by Gasteiger charge is 2.30. The molecule has 2 aromatic rings. The van der Waals surface area contributed by atoms with Crippen LogP contribution in [0.3, 0.4) is 0 Å². The first-order valence-corrected chi connectivity index (χ1v) is 6.53. The summed E-state index contributed by atoms with van der Waals surface area (Å²) < 4.78 is 39.0. The summed E-state index contributed by atoms with van der Waals surface area (Å²) in [6, 6.07) is 4.51. The molecule has 0 aliphatic carbocycles. The second-order valence-corrected chi connectivity index (χ2v) is 4.93. The van der Waals surface area contributed by atoms with Gasteiger partial charge in [0.1, 0.15) is 0 Å². The lowest BCUT2D eigenvalue weighted by Crippen LogP contribution is -2.23. The zero-order valence-corrected chi connectivity index (χ0v) is 11.8. The van der Waals surface area contributed by atoms with Crippen LogP contribution < -0.4 is 11.1 Å². The van der Waals surface area contributed by atoms with Gasteiger partial charge in [-0.25, -0.2) is 4.68 Å². The largest absolute Gasteiger partial charge is 0.416 e. The van der Waals surface area contributed by atoms with E-state index in [1.165, 1.54) is 23.0 Å². The predicted molar refractivity (Wildman–Crippen MR) is 75.5 cm³/mol. The van der Waals surface area contributed by atoms with Gasteiger partial charge < -0.3 is 11.1 Å². The number of rotatable bonds is 5. The van der Waals surface area contributed by atoms with Crippen molar-refractivity contribution < 1.29 is 18.0 Å². The molecule has 118 valence electrons. The van der Waals surface area contributed by atoms with Gasteiger partial charge in [-0.2, -0.15) is 18.3 Å². The number of benzene rings is 1. The lowest BCUT2D eigenvalue weighted by molar-refractivity contribution is -0.137. The standard InChI is InChI=1S/C14H15F3N4O/c1-9(6-13(18)22)20-11-7-19-21(8-11)12-4-2-10(3-5-12)14(15,16)17/h2-5,7-9,20H,6H2,1H3,(H2,18,22)/t9-/m0/s1. The molecule has 0 unspecified atom stereocenters. The molecule has 1 aromatic carbocycles. The third-order valence-corrected chi connectivity index (χ3v) is 2.96. The van der Waals surface area contributed by atoms with E-state index in [1.54, 1.807) is 13.1 Å². The monoisotopic (exact) mass is 312 g/mol. The highest BCUT2D eigenvalue weighted by molar-refractivity contribution is 5.74. The van der Waals surface area contributed by atoms with Crippen LogP contribution in [0.25, 0.3) is 5.69 Å². The molecular formula is C14H15F3N4O. The molecule has 0 fully saturated rings. The first-order chi connectivity index (χ1) is 10.3. The van der Waals surface area contributed by atoms with E-state index in [0.717, 1.165) is 12.1 Å². The number of carbonyl (C=O) groups excluding carboxylic acids is 1. The van der Waals surface area contributed by atoms with Crippen molar-refractivity contribution in [3.63, 3.8) is 0 Å². The summed E-state index contributed by atoms with van der Waals surface area (Å²) >= 11 is 0. The summed E-state index contributed by atoms with van der Waals surface area (Å²) in [4.78, 5) is 10.8. The molecule has 1 amide bonds. The second-order valence-electron chi connectivity index (χ2n) is 4.93. The van der Waals surface area contributed by atoms with Gasteiger partial charge in [-0.3, -0.25) is 4.79 Å². The highest BCUT2D eigenvalue weighted by Crippen LogP contribution is 2.29. The minimum Gasteiger partial charge on any atom is -0.380 e. The summed E-state index contributed by atoms with van der Waals surface area (Å²) in [6.45, 7) is 1.79. The van der Waals surface area contributed by atoms with Crippen molar-refractivity contribution in [2.24, 2.45) is 5.73 Å². The Morgan fingerprint density at radius 3 is 2.55 bits per heavy atom. The molecule has 3 N–H and O–H groups in total. The van der Waals surface area contributed by atoms with Gasteiger partial charge in [0, 0.05) is 12.5 Å². The summed E-state index contributed by atoms with van der Waals surface area (Å²) in [7, 11) is 0. The highest BCUT2D eigenvalue weighted by atomic mass is 19.4. The molecular weight excluding hydrogens is 297 g/mol. The van der Waals surface area contributed by atoms with Gasteiger partial charge in [0.05, 0.1) is 29.3 Å². The van der Waals surface area contributed by atoms with Crippen molar-refractivity contribution in [3.05, 3.63) is 42.2 Å². The summed E-state index contributed by atoms with van der Waals surface area (Å²) in [5, 5.41) is 7.10. The van der Waals surface area contributed by atoms with E-state index < -0.39 is 17.6 Å². The average Bonchev–Trinajstić information content (AvgIpc) is 2.85. The average molecular weight is 312 g/mol. The van der Waals surface area contributed by atoms with Crippen LogP contribution in [0.2, 0.25) is 0 Å². The van der Waals surface area contributed by atoms with Crippen molar-refractivity contribution >= 4 is 11.6 Å². The maximum absolute atomic E-state index is 12.5. The zero-order chi connectivity index (χ0) is 16.3. The predicted octanol–water partition coefficient (Wildman–Crippen LogP) is 2.57. The SMILES string of the molecule is C[C@@H](CC(N)=O)Nc1cnn(-c2ccc(C(F)(F)F)cc2)c1. The third kappa shape index (κ3) is 4.00. The minimum atomic E-state index is -4.36. The van der Waals surface area contributed by atoms with Crippen LogP contribution in [-0.2, 0) is 11.0 Å². The van der Waals surface area contributed by atoms with Crippen LogP contribution >= 0.6 is 0 Å². The molecule has 0 saturated heterocycles. The molecule has 1 heterocycles. The quantitative estimate of drug-likeness (QED) is 0.891. The van der Waals surface area contributed by atoms with Crippen molar-refractivity contribution in [3.8, 4) is 5.69 Å². The number of primary amides is 1. The van der Waals surface area contributed by atoms with Gasteiger partial charge in [0.15, 0.2) is 0 Å². The van der Waals surface area contributed by atoms with E-state index in [1.807, 2.05) is 0 Å². The maximum Gasteiger partial charge on any atom is 0.416 e. The number of nitrogens with zero attached hydrogens (tertiary/aromatic N) is 2. The number of aromatic nitrogens is 2. The number of hydrogen-bond donors (Lipinski definition) is 2. The van der Waals surface area contributed by atoms with E-state index in [2.05, 4.69) is 10.4 Å². The van der Waals surface area contributed by atoms with Gasteiger partial charge >= 0.3 is 6.18 Å². The third-order valence-electron chi connectivity index (χ3n) is 2.96. The molecule has 0 spiro atoms. The topological polar surface area (TPSA) is 72.9 Å². The van der Waals surface area contributed by atoms with Gasteiger partial charge in [0.2, 0.25) is 5.91 Å². The van der Waals surface area contributed by atoms with Gasteiger partial charge in [-0.05, 0) is 31.2 Å². The number of alkyl halides is 3. The lowest BCUT2D eigenvalue weighted by atomic mass is 10.2. The summed E-state index contributed by atoms with van der Waals surface area (Å²) in [5.74, 6) is -0.421. The number of nitrogens with one attached hydrogen (secondary N) is 1. The van der Waals surface area contributed by atoms with Crippen molar-refractivity contribution in [1.29, 1.82) is 0 Å². The first kappa shape index (κ1) is 15.9.